The van der Waals surface area contributed by atoms with Crippen molar-refractivity contribution in [1.82, 2.24) is 0 Å². The van der Waals surface area contributed by atoms with E-state index in [1.165, 1.54) is 0 Å². The molecule has 0 heterocycles. The summed E-state index contributed by atoms with van der Waals surface area (Å²) in [6.45, 7) is 0.996. The van der Waals surface area contributed by atoms with Crippen LogP contribution in [0.3, 0.4) is 0 Å². The Labute approximate surface area is 231 Å². The zero-order valence-corrected chi connectivity index (χ0v) is 22.3. The Balaban J connectivity index is 1.62. The van der Waals surface area contributed by atoms with Gasteiger partial charge in [0.15, 0.2) is 0 Å². The van der Waals surface area contributed by atoms with Gasteiger partial charge in [0.05, 0.1) is 26.4 Å². The third-order valence-corrected chi connectivity index (χ3v) is 5.37. The molecule has 0 amide bonds. The monoisotopic (exact) mass is 518 g/mol. The maximum atomic E-state index is 9.56. The zero-order valence-electron chi connectivity index (χ0n) is 22.3. The van der Waals surface area contributed by atoms with Crippen molar-refractivity contribution in [3.8, 4) is 71.0 Å². The second-order valence-corrected chi connectivity index (χ2v) is 8.06. The second kappa shape index (κ2) is 18.4. The van der Waals surface area contributed by atoms with E-state index < -0.39 is 5.41 Å². The van der Waals surface area contributed by atoms with E-state index in [0.29, 0.717) is 25.7 Å². The van der Waals surface area contributed by atoms with Crippen LogP contribution in [0.15, 0.2) is 48.5 Å². The van der Waals surface area contributed by atoms with Crippen LogP contribution < -0.4 is 9.47 Å². The van der Waals surface area contributed by atoms with Crippen LogP contribution >= 0.6 is 0 Å². The summed E-state index contributed by atoms with van der Waals surface area (Å²) in [5, 5.41) is 19.1. The SMILES string of the molecule is COc1ccc(C#CCOCC#CCCC(C#N)(C#N)CCC#CCOCC#Cc2ccc(OC)cc2)cc1. The Morgan fingerprint density at radius 2 is 0.949 bits per heavy atom. The third-order valence-electron chi connectivity index (χ3n) is 5.37. The van der Waals surface area contributed by atoms with E-state index in [2.05, 4.69) is 59.5 Å². The van der Waals surface area contributed by atoms with Crippen molar-refractivity contribution in [1.29, 1.82) is 10.5 Å². The van der Waals surface area contributed by atoms with E-state index in [0.717, 1.165) is 22.6 Å². The van der Waals surface area contributed by atoms with Gasteiger partial charge in [0.25, 0.3) is 0 Å². The number of nitriles is 2. The smallest absolute Gasteiger partial charge is 0.145 e. The molecule has 2 aromatic rings. The number of ether oxygens (including phenoxy) is 4. The average Bonchev–Trinajstić information content (AvgIpc) is 2.99. The van der Waals surface area contributed by atoms with Gasteiger partial charge in [-0.3, -0.25) is 0 Å². The standard InChI is InChI=1S/C33H30N2O4/c1-36-31-17-13-29(14-18-31)11-9-25-38-23-7-3-5-21-33(27-34,28-35)22-6-4-8-24-39-26-10-12-30-15-19-32(37-2)20-16-30/h13-20H,5-6,21-26H2,1-2H3. The minimum Gasteiger partial charge on any atom is -0.497 e. The second-order valence-electron chi connectivity index (χ2n) is 8.06. The van der Waals surface area contributed by atoms with Gasteiger partial charge in [-0.15, -0.1) is 11.8 Å². The van der Waals surface area contributed by atoms with Crippen LogP contribution in [0.5, 0.6) is 11.5 Å². The Morgan fingerprint density at radius 3 is 1.31 bits per heavy atom. The highest BCUT2D eigenvalue weighted by atomic mass is 16.5. The summed E-state index contributed by atoms with van der Waals surface area (Å²) in [6, 6.07) is 19.2. The molecule has 0 fully saturated rings. The van der Waals surface area contributed by atoms with Gasteiger partial charge in [-0.1, -0.05) is 35.5 Å². The van der Waals surface area contributed by atoms with Gasteiger partial charge < -0.3 is 18.9 Å². The van der Waals surface area contributed by atoms with Crippen molar-refractivity contribution in [3.63, 3.8) is 0 Å². The van der Waals surface area contributed by atoms with Crippen molar-refractivity contribution in [2.45, 2.75) is 25.7 Å². The first-order valence-electron chi connectivity index (χ1n) is 12.3. The number of methoxy groups -OCH3 is 2. The molecule has 2 rings (SSSR count). The molecule has 0 saturated carbocycles. The van der Waals surface area contributed by atoms with Crippen LogP contribution in [0.25, 0.3) is 0 Å². The molecule has 196 valence electrons. The number of hydrogen-bond acceptors (Lipinski definition) is 6. The molecule has 0 N–H and O–H groups in total. The maximum absolute atomic E-state index is 9.56. The highest BCUT2D eigenvalue weighted by molar-refractivity contribution is 5.39. The van der Waals surface area contributed by atoms with E-state index in [1.807, 2.05) is 48.5 Å². The van der Waals surface area contributed by atoms with Crippen molar-refractivity contribution in [3.05, 3.63) is 59.7 Å². The average molecular weight is 519 g/mol. The van der Waals surface area contributed by atoms with E-state index in [9.17, 15) is 10.5 Å². The Hall–Kier alpha value is -4.82. The molecule has 0 aliphatic carbocycles. The predicted octanol–water partition coefficient (Wildman–Crippen LogP) is 4.74. The summed E-state index contributed by atoms with van der Waals surface area (Å²) in [5.74, 6) is 25.2. The molecule has 2 aromatic carbocycles. The maximum Gasteiger partial charge on any atom is 0.145 e. The molecule has 0 bridgehead atoms. The van der Waals surface area contributed by atoms with Gasteiger partial charge in [0.1, 0.15) is 43.3 Å². The van der Waals surface area contributed by atoms with Gasteiger partial charge >= 0.3 is 0 Å². The number of hydrogen-bond donors (Lipinski definition) is 0. The van der Waals surface area contributed by atoms with E-state index in [-0.39, 0.29) is 26.4 Å². The molecule has 0 spiro atoms. The normalized spacial score (nSPS) is 9.44. The van der Waals surface area contributed by atoms with Crippen LogP contribution in [-0.4, -0.2) is 40.6 Å². The van der Waals surface area contributed by atoms with Crippen molar-refractivity contribution >= 4 is 0 Å². The summed E-state index contributed by atoms with van der Waals surface area (Å²) in [7, 11) is 3.24. The molecule has 6 nitrogen and oxygen atoms in total. The minimum atomic E-state index is -1.11. The molecule has 6 heteroatoms. The number of nitrogens with zero attached hydrogens (tertiary/aromatic N) is 2. The summed E-state index contributed by atoms with van der Waals surface area (Å²) in [4.78, 5) is 0. The minimum absolute atomic E-state index is 0.235. The van der Waals surface area contributed by atoms with Crippen LogP contribution in [0.2, 0.25) is 0 Å². The zero-order chi connectivity index (χ0) is 28.0. The fourth-order valence-corrected chi connectivity index (χ4v) is 3.14. The molecule has 0 unspecified atom stereocenters. The van der Waals surface area contributed by atoms with Gasteiger partial charge in [0, 0.05) is 24.0 Å². The highest BCUT2D eigenvalue weighted by Gasteiger charge is 2.28. The lowest BCUT2D eigenvalue weighted by Crippen LogP contribution is -2.15. The fraction of sp³-hybridized carbons (Fsp3) is 0.333. The lowest BCUT2D eigenvalue weighted by Gasteiger charge is -2.15. The predicted molar refractivity (Wildman–Crippen MR) is 149 cm³/mol. The summed E-state index contributed by atoms with van der Waals surface area (Å²) in [6.07, 6.45) is 1.55. The van der Waals surface area contributed by atoms with Crippen molar-refractivity contribution in [2.24, 2.45) is 5.41 Å². The lowest BCUT2D eigenvalue weighted by atomic mass is 9.82. The highest BCUT2D eigenvalue weighted by Crippen LogP contribution is 2.27. The first kappa shape index (κ1) is 30.4. The van der Waals surface area contributed by atoms with Crippen LogP contribution in [0.4, 0.5) is 0 Å². The Morgan fingerprint density at radius 1 is 0.564 bits per heavy atom. The molecular weight excluding hydrogens is 488 g/mol. The van der Waals surface area contributed by atoms with Gasteiger partial charge in [-0.25, -0.2) is 0 Å². The fourth-order valence-electron chi connectivity index (χ4n) is 3.14. The van der Waals surface area contributed by atoms with E-state index in [1.54, 1.807) is 14.2 Å². The van der Waals surface area contributed by atoms with Crippen LogP contribution in [-0.2, 0) is 9.47 Å². The van der Waals surface area contributed by atoms with Crippen LogP contribution in [0.1, 0.15) is 36.8 Å². The van der Waals surface area contributed by atoms with E-state index >= 15 is 0 Å². The first-order valence-corrected chi connectivity index (χ1v) is 12.3. The summed E-state index contributed by atoms with van der Waals surface area (Å²) < 4.78 is 21.0. The largest absolute Gasteiger partial charge is 0.497 e. The Bertz CT molecular complexity index is 1260. The number of rotatable bonds is 10. The van der Waals surface area contributed by atoms with Crippen molar-refractivity contribution < 1.29 is 18.9 Å². The molecule has 39 heavy (non-hydrogen) atoms. The first-order chi connectivity index (χ1) is 19.1. The van der Waals surface area contributed by atoms with Gasteiger partial charge in [-0.2, -0.15) is 10.5 Å². The van der Waals surface area contributed by atoms with E-state index in [4.69, 9.17) is 18.9 Å². The molecular formula is C33H30N2O4. The van der Waals surface area contributed by atoms with Gasteiger partial charge in [-0.05, 0) is 61.4 Å². The summed E-state index contributed by atoms with van der Waals surface area (Å²) in [5.41, 5.74) is 0.642. The molecule has 0 radical (unpaired) electrons. The van der Waals surface area contributed by atoms with Gasteiger partial charge in [0.2, 0.25) is 0 Å². The topological polar surface area (TPSA) is 84.5 Å². The summed E-state index contributed by atoms with van der Waals surface area (Å²) >= 11 is 0. The lowest BCUT2D eigenvalue weighted by molar-refractivity contribution is 0.204. The molecule has 0 aromatic heterocycles. The Kier molecular flexibility index (Phi) is 14.4. The third kappa shape index (κ3) is 12.3. The molecule has 0 atom stereocenters. The molecule has 0 saturated heterocycles. The quantitative estimate of drug-likeness (QED) is 0.334. The molecule has 0 aliphatic heterocycles. The van der Waals surface area contributed by atoms with Crippen molar-refractivity contribution in [2.75, 3.05) is 40.6 Å². The number of benzene rings is 2. The molecule has 0 aliphatic rings. The van der Waals surface area contributed by atoms with Crippen LogP contribution in [0, 0.1) is 75.4 Å².